The van der Waals surface area contributed by atoms with Gasteiger partial charge >= 0.3 is 0 Å². The summed E-state index contributed by atoms with van der Waals surface area (Å²) in [4.78, 5) is 0. The monoisotopic (exact) mass is 262 g/mol. The minimum atomic E-state index is 0.0747. The van der Waals surface area contributed by atoms with Gasteiger partial charge in [0.2, 0.25) is 0 Å². The Morgan fingerprint density at radius 2 is 2.32 bits per heavy atom. The molecule has 1 aromatic rings. The maximum atomic E-state index is 8.93. The molecule has 0 aromatic heterocycles. The molecule has 1 aromatic carbocycles. The van der Waals surface area contributed by atoms with E-state index in [1.165, 1.54) is 0 Å². The van der Waals surface area contributed by atoms with Crippen LogP contribution in [0.25, 0.3) is 0 Å². The SMILES string of the molecule is CCC(CCO)CNCc1cccc(OCC#N)c1. The van der Waals surface area contributed by atoms with E-state index in [1.807, 2.05) is 30.3 Å². The molecule has 4 nitrogen and oxygen atoms in total. The van der Waals surface area contributed by atoms with E-state index in [4.69, 9.17) is 15.1 Å². The molecule has 2 N–H and O–H groups in total. The maximum Gasteiger partial charge on any atom is 0.174 e. The Morgan fingerprint density at radius 3 is 3.00 bits per heavy atom. The zero-order chi connectivity index (χ0) is 13.9. The summed E-state index contributed by atoms with van der Waals surface area (Å²) in [5.41, 5.74) is 1.13. The smallest absolute Gasteiger partial charge is 0.174 e. The second-order valence-electron chi connectivity index (χ2n) is 4.51. The standard InChI is InChI=1S/C15H22N2O2/c1-2-13(6-8-18)11-17-12-14-4-3-5-15(10-14)19-9-7-16/h3-5,10,13,17-18H,2,6,8-9,11-12H2,1H3. The zero-order valence-electron chi connectivity index (χ0n) is 11.4. The molecule has 0 fully saturated rings. The minimum absolute atomic E-state index is 0.0747. The van der Waals surface area contributed by atoms with Crippen LogP contribution in [-0.2, 0) is 6.54 Å². The summed E-state index contributed by atoms with van der Waals surface area (Å²) in [6.07, 6.45) is 1.91. The molecular weight excluding hydrogens is 240 g/mol. The molecule has 0 radical (unpaired) electrons. The van der Waals surface area contributed by atoms with E-state index < -0.39 is 0 Å². The first-order chi connectivity index (χ1) is 9.30. The molecule has 0 bridgehead atoms. The fourth-order valence-electron chi connectivity index (χ4n) is 1.91. The lowest BCUT2D eigenvalue weighted by atomic mass is 10.0. The Balaban J connectivity index is 2.38. The average Bonchev–Trinajstić information content (AvgIpc) is 2.44. The van der Waals surface area contributed by atoms with Crippen molar-refractivity contribution in [2.75, 3.05) is 19.8 Å². The molecule has 1 atom stereocenters. The number of nitrogens with zero attached hydrogens (tertiary/aromatic N) is 1. The Morgan fingerprint density at radius 1 is 1.47 bits per heavy atom. The number of hydrogen-bond donors (Lipinski definition) is 2. The maximum absolute atomic E-state index is 8.93. The number of nitriles is 1. The zero-order valence-corrected chi connectivity index (χ0v) is 11.4. The van der Waals surface area contributed by atoms with E-state index in [0.29, 0.717) is 5.92 Å². The highest BCUT2D eigenvalue weighted by Gasteiger charge is 2.05. The summed E-state index contributed by atoms with van der Waals surface area (Å²) in [7, 11) is 0. The van der Waals surface area contributed by atoms with Gasteiger partial charge in [-0.25, -0.2) is 0 Å². The van der Waals surface area contributed by atoms with Gasteiger partial charge in [-0.15, -0.1) is 0 Å². The number of aliphatic hydroxyl groups excluding tert-OH is 1. The first-order valence-corrected chi connectivity index (χ1v) is 6.70. The predicted molar refractivity (Wildman–Crippen MR) is 74.7 cm³/mol. The van der Waals surface area contributed by atoms with Gasteiger partial charge in [-0.05, 0) is 36.6 Å². The van der Waals surface area contributed by atoms with Crippen LogP contribution in [0.1, 0.15) is 25.3 Å². The second-order valence-corrected chi connectivity index (χ2v) is 4.51. The van der Waals surface area contributed by atoms with E-state index in [9.17, 15) is 0 Å². The summed E-state index contributed by atoms with van der Waals surface area (Å²) >= 11 is 0. The molecule has 4 heteroatoms. The third-order valence-corrected chi connectivity index (χ3v) is 3.08. The molecule has 0 saturated carbocycles. The van der Waals surface area contributed by atoms with Crippen molar-refractivity contribution in [3.63, 3.8) is 0 Å². The molecule has 0 spiro atoms. The van der Waals surface area contributed by atoms with Crippen LogP contribution in [0.4, 0.5) is 0 Å². The van der Waals surface area contributed by atoms with Crippen molar-refractivity contribution in [1.29, 1.82) is 5.26 Å². The molecule has 0 aliphatic heterocycles. The van der Waals surface area contributed by atoms with Gasteiger partial charge < -0.3 is 15.2 Å². The highest BCUT2D eigenvalue weighted by Crippen LogP contribution is 2.13. The van der Waals surface area contributed by atoms with Gasteiger partial charge in [0.15, 0.2) is 6.61 Å². The van der Waals surface area contributed by atoms with Crippen LogP contribution >= 0.6 is 0 Å². The molecule has 0 aliphatic rings. The number of nitrogens with one attached hydrogen (secondary N) is 1. The van der Waals surface area contributed by atoms with Gasteiger partial charge in [0.25, 0.3) is 0 Å². The minimum Gasteiger partial charge on any atom is -0.479 e. The average molecular weight is 262 g/mol. The van der Waals surface area contributed by atoms with E-state index in [0.717, 1.165) is 37.2 Å². The third kappa shape index (κ3) is 6.23. The molecule has 0 aliphatic carbocycles. The predicted octanol–water partition coefficient (Wildman–Crippen LogP) is 2.09. The van der Waals surface area contributed by atoms with Crippen molar-refractivity contribution in [2.24, 2.45) is 5.92 Å². The molecule has 1 unspecified atom stereocenters. The van der Waals surface area contributed by atoms with Crippen LogP contribution < -0.4 is 10.1 Å². The summed E-state index contributed by atoms with van der Waals surface area (Å²) in [6.45, 7) is 4.13. The van der Waals surface area contributed by atoms with Crippen LogP contribution in [0.15, 0.2) is 24.3 Å². The van der Waals surface area contributed by atoms with E-state index in [-0.39, 0.29) is 13.2 Å². The van der Waals surface area contributed by atoms with Crippen molar-refractivity contribution in [3.8, 4) is 11.8 Å². The highest BCUT2D eigenvalue weighted by molar-refractivity contribution is 5.28. The number of ether oxygens (including phenoxy) is 1. The largest absolute Gasteiger partial charge is 0.479 e. The van der Waals surface area contributed by atoms with Gasteiger partial charge in [-0.2, -0.15) is 5.26 Å². The van der Waals surface area contributed by atoms with Crippen LogP contribution in [0.3, 0.4) is 0 Å². The summed E-state index contributed by atoms with van der Waals surface area (Å²) in [5.74, 6) is 1.24. The molecule has 0 amide bonds. The molecule has 1 rings (SSSR count). The normalized spacial score (nSPS) is 11.8. The summed E-state index contributed by atoms with van der Waals surface area (Å²) in [5, 5.41) is 20.8. The number of hydrogen-bond acceptors (Lipinski definition) is 4. The Hall–Kier alpha value is -1.57. The lowest BCUT2D eigenvalue weighted by Gasteiger charge is -2.14. The van der Waals surface area contributed by atoms with Crippen LogP contribution in [-0.4, -0.2) is 24.9 Å². The number of rotatable bonds is 9. The van der Waals surface area contributed by atoms with Crippen LogP contribution in [0, 0.1) is 17.2 Å². The molecule has 0 saturated heterocycles. The van der Waals surface area contributed by atoms with Gasteiger partial charge in [-0.1, -0.05) is 25.5 Å². The summed E-state index contributed by atoms with van der Waals surface area (Å²) < 4.78 is 5.26. The number of benzene rings is 1. The van der Waals surface area contributed by atoms with Gasteiger partial charge in [0.05, 0.1) is 0 Å². The Labute approximate surface area is 115 Å². The van der Waals surface area contributed by atoms with Gasteiger partial charge in [-0.3, -0.25) is 0 Å². The topological polar surface area (TPSA) is 65.3 Å². The molecule has 19 heavy (non-hydrogen) atoms. The van der Waals surface area contributed by atoms with E-state index in [2.05, 4.69) is 12.2 Å². The van der Waals surface area contributed by atoms with Crippen molar-refractivity contribution < 1.29 is 9.84 Å². The molecular formula is C15H22N2O2. The Kier molecular flexibility index (Phi) is 7.64. The van der Waals surface area contributed by atoms with Crippen molar-refractivity contribution in [3.05, 3.63) is 29.8 Å². The second kappa shape index (κ2) is 9.37. The fourth-order valence-corrected chi connectivity index (χ4v) is 1.91. The van der Waals surface area contributed by atoms with Crippen LogP contribution in [0.2, 0.25) is 0 Å². The van der Waals surface area contributed by atoms with Crippen molar-refractivity contribution in [1.82, 2.24) is 5.32 Å². The lowest BCUT2D eigenvalue weighted by molar-refractivity contribution is 0.251. The van der Waals surface area contributed by atoms with Crippen molar-refractivity contribution in [2.45, 2.75) is 26.3 Å². The van der Waals surface area contributed by atoms with Crippen LogP contribution in [0.5, 0.6) is 5.75 Å². The number of aliphatic hydroxyl groups is 1. The van der Waals surface area contributed by atoms with Crippen molar-refractivity contribution >= 4 is 0 Å². The van der Waals surface area contributed by atoms with Gasteiger partial charge in [0, 0.05) is 13.2 Å². The fraction of sp³-hybridized carbons (Fsp3) is 0.533. The van der Waals surface area contributed by atoms with E-state index in [1.54, 1.807) is 0 Å². The first-order valence-electron chi connectivity index (χ1n) is 6.70. The molecule has 0 heterocycles. The van der Waals surface area contributed by atoms with Gasteiger partial charge in [0.1, 0.15) is 11.8 Å². The lowest BCUT2D eigenvalue weighted by Crippen LogP contribution is -2.22. The summed E-state index contributed by atoms with van der Waals surface area (Å²) in [6, 6.07) is 9.70. The van der Waals surface area contributed by atoms with E-state index >= 15 is 0 Å². The first kappa shape index (κ1) is 15.5. The third-order valence-electron chi connectivity index (χ3n) is 3.08. The Bertz CT molecular complexity index is 401. The highest BCUT2D eigenvalue weighted by atomic mass is 16.5. The quantitative estimate of drug-likeness (QED) is 0.715. The molecule has 104 valence electrons.